The van der Waals surface area contributed by atoms with Gasteiger partial charge in [-0.25, -0.2) is 4.79 Å². The Morgan fingerprint density at radius 3 is 2.82 bits per heavy atom. The Labute approximate surface area is 168 Å². The summed E-state index contributed by atoms with van der Waals surface area (Å²) in [5, 5.41) is 11.9. The Morgan fingerprint density at radius 2 is 2.00 bits per heavy atom. The summed E-state index contributed by atoms with van der Waals surface area (Å²) in [6.07, 6.45) is 5.47. The predicted octanol–water partition coefficient (Wildman–Crippen LogP) is 4.04. The van der Waals surface area contributed by atoms with Crippen LogP contribution in [0.3, 0.4) is 0 Å². The van der Waals surface area contributed by atoms with Gasteiger partial charge in [0.05, 0.1) is 17.9 Å². The zero-order valence-corrected chi connectivity index (χ0v) is 16.6. The highest BCUT2D eigenvalue weighted by atomic mass is 35.5. The van der Waals surface area contributed by atoms with E-state index in [9.17, 15) is 4.79 Å². The number of piperidine rings is 1. The molecule has 2 amide bonds. The third kappa shape index (κ3) is 3.89. The van der Waals surface area contributed by atoms with Gasteiger partial charge in [0, 0.05) is 31.4 Å². The van der Waals surface area contributed by atoms with Crippen LogP contribution in [0.15, 0.2) is 42.6 Å². The van der Waals surface area contributed by atoms with Crippen molar-refractivity contribution in [2.75, 3.05) is 30.4 Å². The van der Waals surface area contributed by atoms with Gasteiger partial charge in [-0.05, 0) is 49.6 Å². The number of amides is 2. The lowest BCUT2D eigenvalue weighted by atomic mass is 10.1. The highest BCUT2D eigenvalue weighted by Crippen LogP contribution is 2.31. The molecule has 3 aromatic rings. The first kappa shape index (κ1) is 18.6. The molecule has 0 spiro atoms. The van der Waals surface area contributed by atoms with E-state index in [0.717, 1.165) is 43.0 Å². The SMILES string of the molecule is CN(Cc1nnc2ccccn12)C(=O)Nc1cc(Cl)ccc1N1CCCCC1. The van der Waals surface area contributed by atoms with Gasteiger partial charge in [-0.15, -0.1) is 10.2 Å². The fraction of sp³-hybridized carbons (Fsp3) is 0.350. The van der Waals surface area contributed by atoms with Gasteiger partial charge in [-0.3, -0.25) is 4.40 Å². The lowest BCUT2D eigenvalue weighted by Crippen LogP contribution is -2.34. The molecule has 1 aromatic carbocycles. The number of fused-ring (bicyclic) bond motifs is 1. The fourth-order valence-corrected chi connectivity index (χ4v) is 3.68. The second-order valence-electron chi connectivity index (χ2n) is 7.04. The molecule has 0 atom stereocenters. The third-order valence-electron chi connectivity index (χ3n) is 5.01. The number of nitrogens with zero attached hydrogens (tertiary/aromatic N) is 5. The maximum Gasteiger partial charge on any atom is 0.322 e. The van der Waals surface area contributed by atoms with Gasteiger partial charge in [0.1, 0.15) is 0 Å². The van der Waals surface area contributed by atoms with E-state index in [2.05, 4.69) is 20.4 Å². The molecule has 28 heavy (non-hydrogen) atoms. The molecule has 0 radical (unpaired) electrons. The highest BCUT2D eigenvalue weighted by molar-refractivity contribution is 6.31. The molecule has 4 rings (SSSR count). The molecule has 146 valence electrons. The minimum Gasteiger partial charge on any atom is -0.370 e. The molecule has 2 aromatic heterocycles. The number of hydrogen-bond donors (Lipinski definition) is 1. The molecule has 1 fully saturated rings. The summed E-state index contributed by atoms with van der Waals surface area (Å²) in [4.78, 5) is 16.7. The van der Waals surface area contributed by atoms with Crippen molar-refractivity contribution in [3.63, 3.8) is 0 Å². The standard InChI is InChI=1S/C20H23ClN6O/c1-25(14-19-24-23-18-7-3-6-12-27(18)19)20(28)22-16-13-15(21)8-9-17(16)26-10-4-2-5-11-26/h3,6-9,12-13H,2,4-5,10-11,14H2,1H3,(H,22,28). The Bertz CT molecular complexity index is 982. The van der Waals surface area contributed by atoms with Crippen LogP contribution in [0.4, 0.5) is 16.2 Å². The van der Waals surface area contributed by atoms with Gasteiger partial charge < -0.3 is 15.1 Å². The van der Waals surface area contributed by atoms with E-state index in [-0.39, 0.29) is 6.03 Å². The largest absolute Gasteiger partial charge is 0.370 e. The van der Waals surface area contributed by atoms with Crippen LogP contribution in [-0.2, 0) is 6.54 Å². The zero-order valence-electron chi connectivity index (χ0n) is 15.8. The first-order chi connectivity index (χ1) is 13.6. The summed E-state index contributed by atoms with van der Waals surface area (Å²) in [7, 11) is 1.74. The molecule has 0 bridgehead atoms. The van der Waals surface area contributed by atoms with Gasteiger partial charge in [0.15, 0.2) is 11.5 Å². The maximum atomic E-state index is 12.8. The second kappa shape index (κ2) is 8.06. The minimum atomic E-state index is -0.215. The summed E-state index contributed by atoms with van der Waals surface area (Å²) < 4.78 is 1.88. The van der Waals surface area contributed by atoms with Crippen molar-refractivity contribution in [3.05, 3.63) is 53.4 Å². The van der Waals surface area contributed by atoms with Crippen LogP contribution in [0.2, 0.25) is 5.02 Å². The van der Waals surface area contributed by atoms with Crippen LogP contribution in [0.1, 0.15) is 25.1 Å². The molecule has 0 aliphatic carbocycles. The number of pyridine rings is 1. The lowest BCUT2D eigenvalue weighted by molar-refractivity contribution is 0.219. The van der Waals surface area contributed by atoms with Crippen molar-refractivity contribution in [3.8, 4) is 0 Å². The van der Waals surface area contributed by atoms with E-state index < -0.39 is 0 Å². The average Bonchev–Trinajstić information content (AvgIpc) is 3.12. The quantitative estimate of drug-likeness (QED) is 0.720. The van der Waals surface area contributed by atoms with Crippen molar-refractivity contribution in [1.29, 1.82) is 0 Å². The van der Waals surface area contributed by atoms with Crippen molar-refractivity contribution in [2.45, 2.75) is 25.8 Å². The van der Waals surface area contributed by atoms with Crippen LogP contribution < -0.4 is 10.2 Å². The number of halogens is 1. The number of rotatable bonds is 4. The number of carbonyl (C=O) groups is 1. The van der Waals surface area contributed by atoms with Crippen molar-refractivity contribution >= 4 is 34.7 Å². The van der Waals surface area contributed by atoms with Crippen molar-refractivity contribution in [1.82, 2.24) is 19.5 Å². The van der Waals surface area contributed by atoms with Crippen LogP contribution in [0.25, 0.3) is 5.65 Å². The summed E-state index contributed by atoms with van der Waals surface area (Å²) >= 11 is 6.19. The second-order valence-corrected chi connectivity index (χ2v) is 7.48. The summed E-state index contributed by atoms with van der Waals surface area (Å²) in [6.45, 7) is 2.33. The van der Waals surface area contributed by atoms with E-state index in [0.29, 0.717) is 17.4 Å². The molecule has 3 heterocycles. The van der Waals surface area contributed by atoms with E-state index in [1.54, 1.807) is 11.9 Å². The first-order valence-corrected chi connectivity index (χ1v) is 9.85. The van der Waals surface area contributed by atoms with E-state index >= 15 is 0 Å². The van der Waals surface area contributed by atoms with Crippen LogP contribution in [0, 0.1) is 0 Å². The molecule has 1 aliphatic heterocycles. The number of hydrogen-bond acceptors (Lipinski definition) is 4. The van der Waals surface area contributed by atoms with E-state index in [4.69, 9.17) is 11.6 Å². The summed E-state index contributed by atoms with van der Waals surface area (Å²) in [6, 6.07) is 11.1. The van der Waals surface area contributed by atoms with Gasteiger partial charge in [0.25, 0.3) is 0 Å². The predicted molar refractivity (Wildman–Crippen MR) is 111 cm³/mol. The molecule has 1 N–H and O–H groups in total. The zero-order chi connectivity index (χ0) is 19.5. The Balaban J connectivity index is 1.50. The number of nitrogens with one attached hydrogen (secondary N) is 1. The van der Waals surface area contributed by atoms with Crippen molar-refractivity contribution < 1.29 is 4.79 Å². The normalized spacial score (nSPS) is 14.3. The molecule has 0 saturated carbocycles. The van der Waals surface area contributed by atoms with Crippen LogP contribution in [-0.4, -0.2) is 45.7 Å². The molecular weight excluding hydrogens is 376 g/mol. The van der Waals surface area contributed by atoms with Gasteiger partial charge in [-0.2, -0.15) is 0 Å². The number of anilines is 2. The highest BCUT2D eigenvalue weighted by Gasteiger charge is 2.19. The Morgan fingerprint density at radius 1 is 1.18 bits per heavy atom. The van der Waals surface area contributed by atoms with E-state index in [1.165, 1.54) is 6.42 Å². The number of benzene rings is 1. The Kier molecular flexibility index (Phi) is 5.34. The van der Waals surface area contributed by atoms with Gasteiger partial charge >= 0.3 is 6.03 Å². The minimum absolute atomic E-state index is 0.215. The molecule has 8 heteroatoms. The molecule has 1 aliphatic rings. The molecule has 7 nitrogen and oxygen atoms in total. The molecule has 1 saturated heterocycles. The van der Waals surface area contributed by atoms with Gasteiger partial charge in [0.2, 0.25) is 0 Å². The Hall–Kier alpha value is -2.80. The topological polar surface area (TPSA) is 65.8 Å². The average molecular weight is 399 g/mol. The third-order valence-corrected chi connectivity index (χ3v) is 5.24. The number of urea groups is 1. The number of carbonyl (C=O) groups excluding carboxylic acids is 1. The van der Waals surface area contributed by atoms with Crippen LogP contribution in [0.5, 0.6) is 0 Å². The van der Waals surface area contributed by atoms with Gasteiger partial charge in [-0.1, -0.05) is 17.7 Å². The number of aromatic nitrogens is 3. The van der Waals surface area contributed by atoms with E-state index in [1.807, 2.05) is 47.0 Å². The molecule has 0 unspecified atom stereocenters. The van der Waals surface area contributed by atoms with Crippen molar-refractivity contribution in [2.24, 2.45) is 0 Å². The summed E-state index contributed by atoms with van der Waals surface area (Å²) in [5.41, 5.74) is 2.50. The lowest BCUT2D eigenvalue weighted by Gasteiger charge is -2.31. The molecular formula is C20H23ClN6O. The smallest absolute Gasteiger partial charge is 0.322 e. The van der Waals surface area contributed by atoms with Crippen LogP contribution >= 0.6 is 11.6 Å². The maximum absolute atomic E-state index is 12.8. The monoisotopic (exact) mass is 398 g/mol. The fourth-order valence-electron chi connectivity index (χ4n) is 3.51. The summed E-state index contributed by atoms with van der Waals surface area (Å²) in [5.74, 6) is 0.704. The first-order valence-electron chi connectivity index (χ1n) is 9.47.